The van der Waals surface area contributed by atoms with Gasteiger partial charge >= 0.3 is 0 Å². The number of rotatable bonds is 2. The van der Waals surface area contributed by atoms with Crippen molar-refractivity contribution >= 4 is 33.9 Å². The molecule has 1 aromatic heterocycles. The van der Waals surface area contributed by atoms with E-state index in [4.69, 9.17) is 11.6 Å². The van der Waals surface area contributed by atoms with Gasteiger partial charge in [0.05, 0.1) is 11.4 Å². The Morgan fingerprint density at radius 2 is 2.21 bits per heavy atom. The zero-order valence-electron chi connectivity index (χ0n) is 9.73. The molecule has 1 aliphatic rings. The summed E-state index contributed by atoms with van der Waals surface area (Å²) in [6.45, 7) is 0. The average molecular weight is 299 g/mol. The van der Waals surface area contributed by atoms with E-state index in [0.29, 0.717) is 28.6 Å². The fourth-order valence-corrected chi connectivity index (χ4v) is 3.48. The van der Waals surface area contributed by atoms with Crippen LogP contribution in [0.5, 0.6) is 0 Å². The summed E-state index contributed by atoms with van der Waals surface area (Å²) >= 11 is 5.86. The zero-order valence-corrected chi connectivity index (χ0v) is 11.3. The molecule has 0 radical (unpaired) electrons. The predicted molar refractivity (Wildman–Crippen MR) is 72.9 cm³/mol. The van der Waals surface area contributed by atoms with Crippen LogP contribution in [0.25, 0.3) is 0 Å². The highest BCUT2D eigenvalue weighted by atomic mass is 35.5. The molecule has 19 heavy (non-hydrogen) atoms. The Morgan fingerprint density at radius 1 is 1.37 bits per heavy atom. The molecule has 3 rings (SSSR count). The summed E-state index contributed by atoms with van der Waals surface area (Å²) < 4.78 is 23.1. The topological polar surface area (TPSA) is 59.2 Å². The number of hydrogen-bond donors (Lipinski definition) is 1. The van der Waals surface area contributed by atoms with Crippen molar-refractivity contribution in [2.75, 3.05) is 11.1 Å². The average Bonchev–Trinajstić information content (AvgIpc) is 2.71. The summed E-state index contributed by atoms with van der Waals surface area (Å²) in [4.78, 5) is 8.87. The number of aryl methyl sites for hydroxylation is 1. The molecule has 1 unspecified atom stereocenters. The molecule has 0 amide bonds. The largest absolute Gasteiger partial charge is 0.339 e. The van der Waals surface area contributed by atoms with Gasteiger partial charge in [0, 0.05) is 12.1 Å². The van der Waals surface area contributed by atoms with Crippen LogP contribution in [0, 0.1) is 5.82 Å². The first-order valence-corrected chi connectivity index (χ1v) is 7.35. The molecule has 1 aliphatic heterocycles. The van der Waals surface area contributed by atoms with Gasteiger partial charge in [-0.3, -0.25) is 0 Å². The summed E-state index contributed by atoms with van der Waals surface area (Å²) in [5, 5.41) is 3.11. The number of halogens is 2. The second kappa shape index (κ2) is 4.86. The van der Waals surface area contributed by atoms with Gasteiger partial charge in [-0.25, -0.2) is 13.6 Å². The van der Waals surface area contributed by atoms with E-state index in [1.807, 2.05) is 0 Å². The van der Waals surface area contributed by atoms with E-state index in [-0.39, 0.29) is 11.1 Å². The van der Waals surface area contributed by atoms with E-state index in [9.17, 15) is 8.60 Å². The van der Waals surface area contributed by atoms with Gasteiger partial charge in [-0.05, 0) is 29.8 Å². The highest BCUT2D eigenvalue weighted by Crippen LogP contribution is 2.30. The summed E-state index contributed by atoms with van der Waals surface area (Å²) in [5.74, 6) is 0.732. The van der Waals surface area contributed by atoms with Crippen molar-refractivity contribution < 1.29 is 8.60 Å². The summed E-state index contributed by atoms with van der Waals surface area (Å²) in [6, 6.07) is 6.03. The van der Waals surface area contributed by atoms with Crippen LogP contribution in [-0.4, -0.2) is 19.9 Å². The van der Waals surface area contributed by atoms with Crippen molar-refractivity contribution in [2.24, 2.45) is 0 Å². The SMILES string of the molecule is [OH+]=S1CCc2nc(Cl)nc(Nc3cccc(F)c3)c21. The first-order valence-electron chi connectivity index (χ1n) is 5.62. The van der Waals surface area contributed by atoms with Gasteiger partial charge in [-0.1, -0.05) is 6.07 Å². The van der Waals surface area contributed by atoms with Gasteiger partial charge < -0.3 is 5.32 Å². The summed E-state index contributed by atoms with van der Waals surface area (Å²) in [7, 11) is -0.887. The maximum absolute atomic E-state index is 13.2. The number of anilines is 2. The van der Waals surface area contributed by atoms with Crippen LogP contribution >= 0.6 is 11.6 Å². The maximum atomic E-state index is 13.2. The Morgan fingerprint density at radius 3 is 3.00 bits per heavy atom. The second-order valence-electron chi connectivity index (χ2n) is 4.07. The maximum Gasteiger partial charge on any atom is 0.224 e. The molecule has 98 valence electrons. The highest BCUT2D eigenvalue weighted by molar-refractivity contribution is 7.85. The Hall–Kier alpha value is -1.53. The Bertz CT molecular complexity index is 680. The van der Waals surface area contributed by atoms with Gasteiger partial charge in [0.1, 0.15) is 5.82 Å². The van der Waals surface area contributed by atoms with Gasteiger partial charge in [-0.2, -0.15) is 4.98 Å². The highest BCUT2D eigenvalue weighted by Gasteiger charge is 2.30. The first kappa shape index (κ1) is 12.5. The number of fused-ring (bicyclic) bond motifs is 1. The number of hydrogen-bond acceptors (Lipinski definition) is 3. The molecular formula is C12H10ClFN3OS+. The Kier molecular flexibility index (Phi) is 3.20. The minimum absolute atomic E-state index is 0.122. The molecule has 0 saturated carbocycles. The molecule has 7 heteroatoms. The van der Waals surface area contributed by atoms with Gasteiger partial charge in [0.25, 0.3) is 0 Å². The molecular weight excluding hydrogens is 289 g/mol. The predicted octanol–water partition coefficient (Wildman–Crippen LogP) is 2.83. The summed E-state index contributed by atoms with van der Waals surface area (Å²) in [5.41, 5.74) is 1.31. The third kappa shape index (κ3) is 2.46. The van der Waals surface area contributed by atoms with Crippen molar-refractivity contribution in [1.82, 2.24) is 9.97 Å². The standard InChI is InChI=1S/C12H9ClFN3OS/c13-12-16-9-4-5-19(18)10(9)11(17-12)15-8-3-1-2-7(14)6-8/h1-3,6H,4-5H2,(H,15,16,17)/p+1. The zero-order chi connectivity index (χ0) is 13.4. The van der Waals surface area contributed by atoms with Crippen LogP contribution in [0.3, 0.4) is 0 Å². The monoisotopic (exact) mass is 298 g/mol. The molecule has 0 aliphatic carbocycles. The lowest BCUT2D eigenvalue weighted by Gasteiger charge is -2.08. The molecule has 1 atom stereocenters. The van der Waals surface area contributed by atoms with E-state index < -0.39 is 10.8 Å². The fraction of sp³-hybridized carbons (Fsp3) is 0.167. The smallest absolute Gasteiger partial charge is 0.224 e. The van der Waals surface area contributed by atoms with Crippen molar-refractivity contribution in [1.29, 1.82) is 0 Å². The molecule has 2 heterocycles. The third-order valence-corrected chi connectivity index (χ3v) is 4.42. The second-order valence-corrected chi connectivity index (χ2v) is 5.96. The van der Waals surface area contributed by atoms with E-state index in [1.165, 1.54) is 12.1 Å². The van der Waals surface area contributed by atoms with Crippen LogP contribution in [0.4, 0.5) is 15.9 Å². The van der Waals surface area contributed by atoms with Crippen molar-refractivity contribution in [3.05, 3.63) is 41.1 Å². The lowest BCUT2D eigenvalue weighted by Crippen LogP contribution is -2.02. The lowest BCUT2D eigenvalue weighted by atomic mass is 10.3. The van der Waals surface area contributed by atoms with Gasteiger partial charge in [0.15, 0.2) is 10.7 Å². The van der Waals surface area contributed by atoms with Crippen LogP contribution in [-0.2, 0) is 17.2 Å². The minimum atomic E-state index is -0.887. The van der Waals surface area contributed by atoms with Crippen molar-refractivity contribution in [3.63, 3.8) is 0 Å². The number of nitrogens with one attached hydrogen (secondary N) is 1. The van der Waals surface area contributed by atoms with E-state index in [2.05, 4.69) is 15.3 Å². The molecule has 0 fully saturated rings. The molecule has 0 spiro atoms. The minimum Gasteiger partial charge on any atom is -0.339 e. The lowest BCUT2D eigenvalue weighted by molar-refractivity contribution is 0.628. The van der Waals surface area contributed by atoms with Crippen LogP contribution in [0.15, 0.2) is 29.2 Å². The molecule has 2 aromatic rings. The first-order chi connectivity index (χ1) is 9.13. The summed E-state index contributed by atoms with van der Waals surface area (Å²) in [6.07, 6.45) is 0.676. The number of benzene rings is 1. The van der Waals surface area contributed by atoms with Crippen LogP contribution in [0.2, 0.25) is 5.28 Å². The van der Waals surface area contributed by atoms with Crippen LogP contribution in [0.1, 0.15) is 5.69 Å². The number of nitrogens with zero attached hydrogens (tertiary/aromatic N) is 2. The van der Waals surface area contributed by atoms with Crippen molar-refractivity contribution in [3.8, 4) is 0 Å². The molecule has 0 saturated heterocycles. The molecule has 0 bridgehead atoms. The normalized spacial score (nSPS) is 17.3. The Balaban J connectivity index is 2.04. The quantitative estimate of drug-likeness (QED) is 0.685. The van der Waals surface area contributed by atoms with Gasteiger partial charge in [0.2, 0.25) is 16.1 Å². The third-order valence-electron chi connectivity index (χ3n) is 2.76. The fourth-order valence-electron chi connectivity index (χ4n) is 1.97. The van der Waals surface area contributed by atoms with E-state index in [1.54, 1.807) is 12.1 Å². The van der Waals surface area contributed by atoms with Crippen molar-refractivity contribution in [2.45, 2.75) is 11.3 Å². The molecule has 2 N–H and O–H groups in total. The van der Waals surface area contributed by atoms with E-state index >= 15 is 0 Å². The molecule has 1 aromatic carbocycles. The van der Waals surface area contributed by atoms with Gasteiger partial charge in [-0.15, -0.1) is 0 Å². The molecule has 4 nitrogen and oxygen atoms in total. The van der Waals surface area contributed by atoms with Crippen LogP contribution < -0.4 is 5.32 Å². The Labute approximate surface area is 116 Å². The number of aromatic nitrogens is 2. The van der Waals surface area contributed by atoms with E-state index in [0.717, 1.165) is 5.69 Å².